The molecule has 2 rings (SSSR count). The molecule has 0 spiro atoms. The topological polar surface area (TPSA) is 59.3 Å². The van der Waals surface area contributed by atoms with Gasteiger partial charge in [0.1, 0.15) is 11.5 Å². The van der Waals surface area contributed by atoms with E-state index in [0.29, 0.717) is 5.75 Å². The van der Waals surface area contributed by atoms with Crippen molar-refractivity contribution in [3.8, 4) is 11.5 Å². The van der Waals surface area contributed by atoms with Crippen molar-refractivity contribution in [1.82, 2.24) is 9.78 Å². The molecular formula is C14H19N3O2. The van der Waals surface area contributed by atoms with Gasteiger partial charge >= 0.3 is 0 Å². The fourth-order valence-corrected chi connectivity index (χ4v) is 2.07. The van der Waals surface area contributed by atoms with Crippen LogP contribution >= 0.6 is 0 Å². The zero-order valence-corrected chi connectivity index (χ0v) is 11.6. The molecule has 0 aliphatic rings. The second-order valence-corrected chi connectivity index (χ2v) is 4.59. The van der Waals surface area contributed by atoms with E-state index in [-0.39, 0.29) is 11.8 Å². The fraction of sp³-hybridized carbons (Fsp3) is 0.357. The van der Waals surface area contributed by atoms with E-state index in [2.05, 4.69) is 10.4 Å². The number of aromatic hydroxyl groups is 1. The highest BCUT2D eigenvalue weighted by Crippen LogP contribution is 2.30. The number of methoxy groups -OCH3 is 1. The van der Waals surface area contributed by atoms with Crippen LogP contribution in [-0.2, 0) is 7.05 Å². The number of nitrogens with zero attached hydrogens (tertiary/aromatic N) is 2. The van der Waals surface area contributed by atoms with Crippen LogP contribution in [0.15, 0.2) is 24.4 Å². The Morgan fingerprint density at radius 2 is 2.16 bits per heavy atom. The Kier molecular flexibility index (Phi) is 3.64. The number of ether oxygens (including phenoxy) is 1. The molecule has 0 aliphatic carbocycles. The van der Waals surface area contributed by atoms with Crippen molar-refractivity contribution >= 4 is 5.69 Å². The molecule has 2 aromatic rings. The quantitative estimate of drug-likeness (QED) is 0.888. The van der Waals surface area contributed by atoms with Gasteiger partial charge in [-0.15, -0.1) is 0 Å². The Hall–Kier alpha value is -2.17. The van der Waals surface area contributed by atoms with Crippen molar-refractivity contribution in [2.45, 2.75) is 19.9 Å². The van der Waals surface area contributed by atoms with Crippen LogP contribution in [0.4, 0.5) is 5.69 Å². The maximum atomic E-state index is 10.0. The Balaban J connectivity index is 2.20. The van der Waals surface area contributed by atoms with Gasteiger partial charge in [0, 0.05) is 24.9 Å². The highest BCUT2D eigenvalue weighted by molar-refractivity contribution is 5.50. The maximum absolute atomic E-state index is 10.0. The lowest BCUT2D eigenvalue weighted by molar-refractivity contribution is 0.406. The summed E-state index contributed by atoms with van der Waals surface area (Å²) < 4.78 is 6.84. The lowest BCUT2D eigenvalue weighted by Crippen LogP contribution is -2.07. The van der Waals surface area contributed by atoms with Crippen molar-refractivity contribution in [2.24, 2.45) is 7.05 Å². The zero-order chi connectivity index (χ0) is 14.0. The Morgan fingerprint density at radius 1 is 1.42 bits per heavy atom. The van der Waals surface area contributed by atoms with Crippen LogP contribution in [-0.4, -0.2) is 22.0 Å². The number of hydrogen-bond acceptors (Lipinski definition) is 4. The summed E-state index contributed by atoms with van der Waals surface area (Å²) in [5.41, 5.74) is 2.72. The summed E-state index contributed by atoms with van der Waals surface area (Å²) in [7, 11) is 3.46. The molecule has 5 nitrogen and oxygen atoms in total. The van der Waals surface area contributed by atoms with Gasteiger partial charge in [-0.05, 0) is 26.0 Å². The zero-order valence-electron chi connectivity index (χ0n) is 11.6. The molecule has 0 aliphatic heterocycles. The van der Waals surface area contributed by atoms with E-state index in [1.165, 1.54) is 0 Å². The summed E-state index contributed by atoms with van der Waals surface area (Å²) in [4.78, 5) is 0. The average molecular weight is 261 g/mol. The van der Waals surface area contributed by atoms with Crippen molar-refractivity contribution in [3.63, 3.8) is 0 Å². The number of nitrogens with one attached hydrogen (secondary N) is 1. The first-order valence-electron chi connectivity index (χ1n) is 6.15. The summed E-state index contributed by atoms with van der Waals surface area (Å²) in [6.45, 7) is 3.94. The van der Waals surface area contributed by atoms with E-state index >= 15 is 0 Å². The van der Waals surface area contributed by atoms with Crippen molar-refractivity contribution in [1.29, 1.82) is 0 Å². The predicted octanol–water partition coefficient (Wildman–Crippen LogP) is 2.62. The smallest absolute Gasteiger partial charge is 0.124 e. The van der Waals surface area contributed by atoms with E-state index in [0.717, 1.165) is 16.9 Å². The molecule has 0 fully saturated rings. The molecule has 5 heteroatoms. The second kappa shape index (κ2) is 5.22. The average Bonchev–Trinajstić information content (AvgIpc) is 2.67. The molecule has 0 saturated carbocycles. The molecule has 102 valence electrons. The molecule has 1 aromatic heterocycles. The van der Waals surface area contributed by atoms with Gasteiger partial charge in [0.2, 0.25) is 0 Å². The van der Waals surface area contributed by atoms with Crippen LogP contribution in [0.5, 0.6) is 11.5 Å². The van der Waals surface area contributed by atoms with Crippen molar-refractivity contribution in [3.05, 3.63) is 35.7 Å². The van der Waals surface area contributed by atoms with Crippen molar-refractivity contribution in [2.75, 3.05) is 12.4 Å². The number of anilines is 1. The summed E-state index contributed by atoms with van der Waals surface area (Å²) in [6.07, 6.45) is 1.92. The molecule has 1 unspecified atom stereocenters. The summed E-state index contributed by atoms with van der Waals surface area (Å²) in [5.74, 6) is 0.868. The highest BCUT2D eigenvalue weighted by Gasteiger charge is 2.13. The first-order chi connectivity index (χ1) is 9.01. The molecule has 0 saturated heterocycles. The predicted molar refractivity (Wildman–Crippen MR) is 74.6 cm³/mol. The molecule has 2 N–H and O–H groups in total. The maximum Gasteiger partial charge on any atom is 0.124 e. The number of phenols is 1. The van der Waals surface area contributed by atoms with Crippen LogP contribution < -0.4 is 10.1 Å². The van der Waals surface area contributed by atoms with Crippen molar-refractivity contribution < 1.29 is 9.84 Å². The number of rotatable bonds is 4. The SMILES string of the molecule is COc1ccc(C(C)Nc2cn(C)nc2C)c(O)c1. The Morgan fingerprint density at radius 3 is 2.68 bits per heavy atom. The van der Waals surface area contributed by atoms with Gasteiger partial charge in [-0.1, -0.05) is 0 Å². The lowest BCUT2D eigenvalue weighted by Gasteiger charge is -2.16. The number of benzene rings is 1. The van der Waals surface area contributed by atoms with Crippen LogP contribution in [0.3, 0.4) is 0 Å². The van der Waals surface area contributed by atoms with Crippen LogP contribution in [0.1, 0.15) is 24.2 Å². The Bertz CT molecular complexity index is 578. The van der Waals surface area contributed by atoms with Gasteiger partial charge < -0.3 is 15.2 Å². The largest absolute Gasteiger partial charge is 0.507 e. The molecule has 0 bridgehead atoms. The van der Waals surface area contributed by atoms with Gasteiger partial charge in [-0.2, -0.15) is 5.10 Å². The third kappa shape index (κ3) is 2.81. The van der Waals surface area contributed by atoms with E-state index in [1.807, 2.05) is 39.2 Å². The molecular weight excluding hydrogens is 242 g/mol. The van der Waals surface area contributed by atoms with E-state index < -0.39 is 0 Å². The summed E-state index contributed by atoms with van der Waals surface area (Å²) in [6, 6.07) is 5.29. The monoisotopic (exact) mass is 261 g/mol. The molecule has 1 atom stereocenters. The number of phenolic OH excluding ortho intramolecular Hbond substituents is 1. The third-order valence-electron chi connectivity index (χ3n) is 3.09. The van der Waals surface area contributed by atoms with Crippen LogP contribution in [0, 0.1) is 6.92 Å². The molecule has 1 aromatic carbocycles. The minimum absolute atomic E-state index is 0.0196. The van der Waals surface area contributed by atoms with E-state index in [4.69, 9.17) is 4.74 Å². The molecule has 0 radical (unpaired) electrons. The number of hydrogen-bond donors (Lipinski definition) is 2. The first-order valence-corrected chi connectivity index (χ1v) is 6.15. The molecule has 0 amide bonds. The van der Waals surface area contributed by atoms with Gasteiger partial charge in [-0.3, -0.25) is 4.68 Å². The number of aryl methyl sites for hydroxylation is 2. The van der Waals surface area contributed by atoms with E-state index in [9.17, 15) is 5.11 Å². The second-order valence-electron chi connectivity index (χ2n) is 4.59. The number of aromatic nitrogens is 2. The van der Waals surface area contributed by atoms with Gasteiger partial charge in [0.25, 0.3) is 0 Å². The van der Waals surface area contributed by atoms with Crippen LogP contribution in [0.25, 0.3) is 0 Å². The minimum Gasteiger partial charge on any atom is -0.507 e. The first kappa shape index (κ1) is 13.3. The minimum atomic E-state index is -0.0196. The molecule has 19 heavy (non-hydrogen) atoms. The summed E-state index contributed by atoms with van der Waals surface area (Å²) in [5, 5.41) is 17.6. The van der Waals surface area contributed by atoms with Gasteiger partial charge in [0.05, 0.1) is 24.5 Å². The van der Waals surface area contributed by atoms with E-state index in [1.54, 1.807) is 17.9 Å². The fourth-order valence-electron chi connectivity index (χ4n) is 2.07. The van der Waals surface area contributed by atoms with Gasteiger partial charge in [0.15, 0.2) is 0 Å². The third-order valence-corrected chi connectivity index (χ3v) is 3.09. The normalized spacial score (nSPS) is 12.2. The highest BCUT2D eigenvalue weighted by atomic mass is 16.5. The van der Waals surface area contributed by atoms with Gasteiger partial charge in [-0.25, -0.2) is 0 Å². The Labute approximate surface area is 112 Å². The lowest BCUT2D eigenvalue weighted by atomic mass is 10.1. The summed E-state index contributed by atoms with van der Waals surface area (Å²) >= 11 is 0. The standard InChI is InChI=1S/C14H19N3O2/c1-9(15-13-8-17(3)16-10(13)2)12-6-5-11(19-4)7-14(12)18/h5-9,15,18H,1-4H3. The molecule has 1 heterocycles. The van der Waals surface area contributed by atoms with Crippen LogP contribution in [0.2, 0.25) is 0 Å².